The molecule has 0 aliphatic carbocycles. The summed E-state index contributed by atoms with van der Waals surface area (Å²) < 4.78 is 13.3. The van der Waals surface area contributed by atoms with Crippen LogP contribution in [0.3, 0.4) is 0 Å². The van der Waals surface area contributed by atoms with E-state index in [1.54, 1.807) is 13.1 Å². The highest BCUT2D eigenvalue weighted by Gasteiger charge is 2.24. The summed E-state index contributed by atoms with van der Waals surface area (Å²) in [6.45, 7) is 9.37. The summed E-state index contributed by atoms with van der Waals surface area (Å²) in [6, 6.07) is 8.51. The predicted octanol–water partition coefficient (Wildman–Crippen LogP) is 2.69. The summed E-state index contributed by atoms with van der Waals surface area (Å²) in [5.74, 6) is 0.816. The van der Waals surface area contributed by atoms with E-state index in [1.165, 1.54) is 5.56 Å². The number of fused-ring (bicyclic) bond motifs is 1. The normalized spacial score (nSPS) is 16.8. The van der Waals surface area contributed by atoms with Crippen LogP contribution in [-0.4, -0.2) is 22.3 Å². The Morgan fingerprint density at radius 1 is 1.30 bits per heavy atom. The molecule has 1 aliphatic rings. The Kier molecular flexibility index (Phi) is 3.88. The molecular weight excluding hydrogens is 292 g/mol. The first kappa shape index (κ1) is 15.6. The summed E-state index contributed by atoms with van der Waals surface area (Å²) in [6.07, 6.45) is 1.65. The lowest BCUT2D eigenvalue weighted by molar-refractivity contribution is 0.143. The molecule has 3 rings (SSSR count). The lowest BCUT2D eigenvalue weighted by Crippen LogP contribution is -2.23. The van der Waals surface area contributed by atoms with Gasteiger partial charge in [0.1, 0.15) is 12.4 Å². The topological polar surface area (TPSA) is 53.4 Å². The largest absolute Gasteiger partial charge is 0.490 e. The zero-order valence-electron chi connectivity index (χ0n) is 14.0. The molecule has 1 aromatic carbocycles. The third kappa shape index (κ3) is 3.38. The van der Waals surface area contributed by atoms with E-state index in [1.807, 2.05) is 16.7 Å². The van der Waals surface area contributed by atoms with Crippen LogP contribution in [0.4, 0.5) is 0 Å². The highest BCUT2D eigenvalue weighted by atomic mass is 16.6. The molecule has 2 aromatic rings. The second-order valence-electron chi connectivity index (χ2n) is 6.99. The molecule has 1 unspecified atom stereocenters. The molecule has 1 aromatic heterocycles. The Morgan fingerprint density at radius 2 is 2.00 bits per heavy atom. The Labute approximate surface area is 135 Å². The second kappa shape index (κ2) is 5.72. The van der Waals surface area contributed by atoms with E-state index in [-0.39, 0.29) is 17.1 Å². The molecule has 0 bridgehead atoms. The van der Waals surface area contributed by atoms with Gasteiger partial charge in [-0.05, 0) is 30.0 Å². The van der Waals surface area contributed by atoms with Gasteiger partial charge >= 0.3 is 0 Å². The first-order valence-electron chi connectivity index (χ1n) is 7.81. The second-order valence-corrected chi connectivity index (χ2v) is 6.99. The monoisotopic (exact) mass is 314 g/mol. The molecule has 5 heteroatoms. The Balaban J connectivity index is 1.61. The third-order valence-electron chi connectivity index (χ3n) is 3.96. The third-order valence-corrected chi connectivity index (χ3v) is 3.96. The van der Waals surface area contributed by atoms with Crippen molar-refractivity contribution in [3.05, 3.63) is 51.9 Å². The van der Waals surface area contributed by atoms with Crippen molar-refractivity contribution >= 4 is 0 Å². The lowest BCUT2D eigenvalue weighted by atomic mass is 9.87. The van der Waals surface area contributed by atoms with Crippen LogP contribution in [0, 0.1) is 6.92 Å². The maximum atomic E-state index is 11.5. The summed E-state index contributed by atoms with van der Waals surface area (Å²) >= 11 is 0. The standard InChI is InChI=1S/C18H22N2O3/c1-12-9-20-10-15(23-17(20)19-16(12)21)11-22-14-7-5-13(6-8-14)18(2,3)4/h5-9,15H,10-11H2,1-4H3. The van der Waals surface area contributed by atoms with Crippen LogP contribution in [0.25, 0.3) is 0 Å². The molecule has 5 nitrogen and oxygen atoms in total. The average molecular weight is 314 g/mol. The van der Waals surface area contributed by atoms with Crippen LogP contribution < -0.4 is 15.0 Å². The maximum absolute atomic E-state index is 11.5. The van der Waals surface area contributed by atoms with E-state index in [0.717, 1.165) is 5.75 Å². The quantitative estimate of drug-likeness (QED) is 0.874. The van der Waals surface area contributed by atoms with Crippen molar-refractivity contribution in [3.63, 3.8) is 0 Å². The van der Waals surface area contributed by atoms with Gasteiger partial charge in [0.2, 0.25) is 0 Å². The molecule has 0 N–H and O–H groups in total. The molecule has 122 valence electrons. The smallest absolute Gasteiger partial charge is 0.300 e. The fourth-order valence-electron chi connectivity index (χ4n) is 2.54. The van der Waals surface area contributed by atoms with Crippen LogP contribution >= 0.6 is 0 Å². The molecule has 0 saturated carbocycles. The molecule has 0 saturated heterocycles. The van der Waals surface area contributed by atoms with E-state index in [2.05, 4.69) is 37.9 Å². The number of aryl methyl sites for hydroxylation is 1. The minimum absolute atomic E-state index is 0.130. The van der Waals surface area contributed by atoms with E-state index in [9.17, 15) is 4.79 Å². The van der Waals surface area contributed by atoms with Gasteiger partial charge in [-0.25, -0.2) is 0 Å². The van der Waals surface area contributed by atoms with Gasteiger partial charge in [-0.1, -0.05) is 32.9 Å². The minimum Gasteiger partial charge on any atom is -0.490 e. The number of rotatable bonds is 3. The summed E-state index contributed by atoms with van der Waals surface area (Å²) in [5, 5.41) is 0. The number of ether oxygens (including phenoxy) is 2. The number of aromatic nitrogens is 2. The van der Waals surface area contributed by atoms with Gasteiger partial charge < -0.3 is 9.47 Å². The summed E-state index contributed by atoms with van der Waals surface area (Å²) in [5.41, 5.74) is 1.78. The van der Waals surface area contributed by atoms with E-state index >= 15 is 0 Å². The summed E-state index contributed by atoms with van der Waals surface area (Å²) in [7, 11) is 0. The van der Waals surface area contributed by atoms with Gasteiger partial charge in [-0.15, -0.1) is 0 Å². The van der Waals surface area contributed by atoms with Gasteiger partial charge in [0.05, 0.1) is 6.54 Å². The van der Waals surface area contributed by atoms with Crippen molar-refractivity contribution in [2.45, 2.75) is 45.8 Å². The maximum Gasteiger partial charge on any atom is 0.300 e. The molecule has 1 aliphatic heterocycles. The zero-order valence-corrected chi connectivity index (χ0v) is 14.0. The SMILES string of the molecule is Cc1cn2c(nc1=O)OC(COc1ccc(C(C)(C)C)cc1)C2. The molecular formula is C18H22N2O3. The number of benzene rings is 1. The first-order chi connectivity index (χ1) is 10.8. The van der Waals surface area contributed by atoms with E-state index < -0.39 is 0 Å². The highest BCUT2D eigenvalue weighted by Crippen LogP contribution is 2.25. The molecule has 1 atom stereocenters. The van der Waals surface area contributed by atoms with Gasteiger partial charge in [-0.3, -0.25) is 9.36 Å². The number of nitrogens with zero attached hydrogens (tertiary/aromatic N) is 2. The zero-order chi connectivity index (χ0) is 16.6. The van der Waals surface area contributed by atoms with Crippen LogP contribution in [-0.2, 0) is 12.0 Å². The van der Waals surface area contributed by atoms with Crippen molar-refractivity contribution in [3.8, 4) is 11.8 Å². The molecule has 0 radical (unpaired) electrons. The van der Waals surface area contributed by atoms with E-state index in [0.29, 0.717) is 24.7 Å². The highest BCUT2D eigenvalue weighted by molar-refractivity contribution is 5.31. The van der Waals surface area contributed by atoms with Crippen LogP contribution in [0.15, 0.2) is 35.3 Å². The average Bonchev–Trinajstić information content (AvgIpc) is 2.87. The Bertz CT molecular complexity index is 757. The van der Waals surface area contributed by atoms with Crippen molar-refractivity contribution in [2.75, 3.05) is 6.61 Å². The fourth-order valence-corrected chi connectivity index (χ4v) is 2.54. The molecule has 0 amide bonds. The number of hydrogen-bond acceptors (Lipinski definition) is 4. The van der Waals surface area contributed by atoms with Crippen LogP contribution in [0.5, 0.6) is 11.8 Å². The Morgan fingerprint density at radius 3 is 2.65 bits per heavy atom. The van der Waals surface area contributed by atoms with Crippen molar-refractivity contribution < 1.29 is 9.47 Å². The molecule has 0 spiro atoms. The fraction of sp³-hybridized carbons (Fsp3) is 0.444. The van der Waals surface area contributed by atoms with Crippen molar-refractivity contribution in [2.24, 2.45) is 0 Å². The number of hydrogen-bond donors (Lipinski definition) is 0. The van der Waals surface area contributed by atoms with Gasteiger partial charge in [0, 0.05) is 11.8 Å². The molecule has 0 fully saturated rings. The van der Waals surface area contributed by atoms with Crippen molar-refractivity contribution in [1.82, 2.24) is 9.55 Å². The molecule has 23 heavy (non-hydrogen) atoms. The predicted molar refractivity (Wildman–Crippen MR) is 88.3 cm³/mol. The minimum atomic E-state index is -0.240. The Hall–Kier alpha value is -2.30. The van der Waals surface area contributed by atoms with E-state index in [4.69, 9.17) is 9.47 Å². The lowest BCUT2D eigenvalue weighted by Gasteiger charge is -2.19. The molecule has 2 heterocycles. The van der Waals surface area contributed by atoms with Gasteiger partial charge in [0.15, 0.2) is 6.10 Å². The van der Waals surface area contributed by atoms with Crippen LogP contribution in [0.2, 0.25) is 0 Å². The van der Waals surface area contributed by atoms with Crippen LogP contribution in [0.1, 0.15) is 31.9 Å². The van der Waals surface area contributed by atoms with Gasteiger partial charge in [-0.2, -0.15) is 4.98 Å². The summed E-state index contributed by atoms with van der Waals surface area (Å²) in [4.78, 5) is 15.5. The van der Waals surface area contributed by atoms with Gasteiger partial charge in [0.25, 0.3) is 11.6 Å². The van der Waals surface area contributed by atoms with Crippen molar-refractivity contribution in [1.29, 1.82) is 0 Å². The first-order valence-corrected chi connectivity index (χ1v) is 7.81.